The van der Waals surface area contributed by atoms with Crippen LogP contribution in [0, 0.1) is 11.7 Å². The number of aliphatic hydroxyl groups is 1. The number of hydrogen-bond donors (Lipinski definition) is 1. The van der Waals surface area contributed by atoms with Gasteiger partial charge in [0, 0.05) is 25.6 Å². The highest BCUT2D eigenvalue weighted by atomic mass is 19.1. The Bertz CT molecular complexity index is 452. The number of ether oxygens (including phenoxy) is 1. The van der Waals surface area contributed by atoms with Crippen LogP contribution in [-0.4, -0.2) is 41.7 Å². The van der Waals surface area contributed by atoms with Crippen LogP contribution in [0.15, 0.2) is 24.3 Å². The van der Waals surface area contributed by atoms with Gasteiger partial charge in [-0.05, 0) is 25.5 Å². The molecule has 2 unspecified atom stereocenters. The fourth-order valence-corrected chi connectivity index (χ4v) is 2.22. The number of rotatable bonds is 4. The first kappa shape index (κ1) is 13.8. The van der Waals surface area contributed by atoms with Crippen molar-refractivity contribution in [3.05, 3.63) is 30.1 Å². The number of carbonyl (C=O) groups is 1. The number of para-hydroxylation sites is 1. The van der Waals surface area contributed by atoms with E-state index in [1.165, 1.54) is 12.1 Å². The first-order valence-corrected chi connectivity index (χ1v) is 6.42. The van der Waals surface area contributed by atoms with Gasteiger partial charge in [-0.15, -0.1) is 0 Å². The molecule has 0 aliphatic carbocycles. The van der Waals surface area contributed by atoms with Crippen LogP contribution in [0.4, 0.5) is 4.39 Å². The zero-order valence-electron chi connectivity index (χ0n) is 10.9. The fraction of sp³-hybridized carbons (Fsp3) is 0.500. The van der Waals surface area contributed by atoms with Crippen LogP contribution in [0.25, 0.3) is 0 Å². The van der Waals surface area contributed by atoms with Crippen molar-refractivity contribution in [3.63, 3.8) is 0 Å². The summed E-state index contributed by atoms with van der Waals surface area (Å²) in [5, 5.41) is 9.06. The molecule has 1 heterocycles. The van der Waals surface area contributed by atoms with Crippen molar-refractivity contribution >= 4 is 5.91 Å². The molecule has 1 aliphatic rings. The van der Waals surface area contributed by atoms with Gasteiger partial charge in [-0.3, -0.25) is 4.79 Å². The molecule has 2 rings (SSSR count). The lowest BCUT2D eigenvalue weighted by molar-refractivity contribution is -0.137. The number of benzene rings is 1. The Morgan fingerprint density at radius 3 is 2.95 bits per heavy atom. The Labute approximate surface area is 111 Å². The van der Waals surface area contributed by atoms with E-state index in [1.54, 1.807) is 24.0 Å². The van der Waals surface area contributed by atoms with Crippen LogP contribution in [0.3, 0.4) is 0 Å². The van der Waals surface area contributed by atoms with Gasteiger partial charge in [0.15, 0.2) is 17.7 Å². The molecule has 5 heteroatoms. The number of hydrogen-bond acceptors (Lipinski definition) is 3. The molecular formula is C14H18FNO3. The SMILES string of the molecule is CC(Oc1ccccc1F)C(=O)N1CCC(CO)C1. The Morgan fingerprint density at radius 2 is 2.32 bits per heavy atom. The van der Waals surface area contributed by atoms with Crippen LogP contribution in [0.5, 0.6) is 5.75 Å². The quantitative estimate of drug-likeness (QED) is 0.898. The lowest BCUT2D eigenvalue weighted by Gasteiger charge is -2.21. The Hall–Kier alpha value is -1.62. The molecule has 1 N–H and O–H groups in total. The van der Waals surface area contributed by atoms with Crippen LogP contribution in [0.1, 0.15) is 13.3 Å². The van der Waals surface area contributed by atoms with E-state index in [0.717, 1.165) is 6.42 Å². The van der Waals surface area contributed by atoms with Gasteiger partial charge in [0.1, 0.15) is 0 Å². The van der Waals surface area contributed by atoms with E-state index >= 15 is 0 Å². The van der Waals surface area contributed by atoms with Gasteiger partial charge in [-0.2, -0.15) is 0 Å². The first-order valence-electron chi connectivity index (χ1n) is 6.42. The summed E-state index contributed by atoms with van der Waals surface area (Å²) in [6, 6.07) is 6.03. The van der Waals surface area contributed by atoms with Crippen molar-refractivity contribution in [2.24, 2.45) is 5.92 Å². The van der Waals surface area contributed by atoms with E-state index in [4.69, 9.17) is 9.84 Å². The van der Waals surface area contributed by atoms with Gasteiger partial charge < -0.3 is 14.7 Å². The topological polar surface area (TPSA) is 49.8 Å². The van der Waals surface area contributed by atoms with Crippen molar-refractivity contribution in [1.29, 1.82) is 0 Å². The van der Waals surface area contributed by atoms with Crippen molar-refractivity contribution in [2.45, 2.75) is 19.4 Å². The minimum Gasteiger partial charge on any atom is -0.478 e. The molecular weight excluding hydrogens is 249 g/mol. The Balaban J connectivity index is 1.95. The molecule has 0 spiro atoms. The summed E-state index contributed by atoms with van der Waals surface area (Å²) in [4.78, 5) is 13.8. The van der Waals surface area contributed by atoms with Crippen LogP contribution in [-0.2, 0) is 4.79 Å². The minimum absolute atomic E-state index is 0.0845. The Morgan fingerprint density at radius 1 is 1.58 bits per heavy atom. The van der Waals surface area contributed by atoms with Crippen molar-refractivity contribution in [3.8, 4) is 5.75 Å². The van der Waals surface area contributed by atoms with E-state index in [0.29, 0.717) is 13.1 Å². The third-order valence-electron chi connectivity index (χ3n) is 3.34. The predicted molar refractivity (Wildman–Crippen MR) is 68.3 cm³/mol. The summed E-state index contributed by atoms with van der Waals surface area (Å²) < 4.78 is 18.8. The highest BCUT2D eigenvalue weighted by Crippen LogP contribution is 2.20. The third-order valence-corrected chi connectivity index (χ3v) is 3.34. The molecule has 2 atom stereocenters. The average molecular weight is 267 g/mol. The molecule has 1 aliphatic heterocycles. The second-order valence-corrected chi connectivity index (χ2v) is 4.81. The number of amides is 1. The van der Waals surface area contributed by atoms with Crippen molar-refractivity contribution in [1.82, 2.24) is 4.90 Å². The van der Waals surface area contributed by atoms with Crippen LogP contribution in [0.2, 0.25) is 0 Å². The van der Waals surface area contributed by atoms with E-state index in [2.05, 4.69) is 0 Å². The number of carbonyl (C=O) groups excluding carboxylic acids is 1. The lowest BCUT2D eigenvalue weighted by Crippen LogP contribution is -2.39. The summed E-state index contributed by atoms with van der Waals surface area (Å²) >= 11 is 0. The maximum atomic E-state index is 13.4. The predicted octanol–water partition coefficient (Wildman–Crippen LogP) is 1.43. The summed E-state index contributed by atoms with van der Waals surface area (Å²) in [6.45, 7) is 2.86. The summed E-state index contributed by atoms with van der Waals surface area (Å²) in [5.41, 5.74) is 0. The molecule has 1 fully saturated rings. The lowest BCUT2D eigenvalue weighted by atomic mass is 10.1. The minimum atomic E-state index is -0.727. The smallest absolute Gasteiger partial charge is 0.263 e. The Kier molecular flexibility index (Phi) is 4.37. The second kappa shape index (κ2) is 6.02. The van der Waals surface area contributed by atoms with Crippen molar-refractivity contribution in [2.75, 3.05) is 19.7 Å². The maximum Gasteiger partial charge on any atom is 0.263 e. The highest BCUT2D eigenvalue weighted by molar-refractivity contribution is 5.81. The number of likely N-dealkylation sites (tertiary alicyclic amines) is 1. The van der Waals surface area contributed by atoms with E-state index in [-0.39, 0.29) is 24.2 Å². The molecule has 1 aromatic carbocycles. The zero-order chi connectivity index (χ0) is 13.8. The summed E-state index contributed by atoms with van der Waals surface area (Å²) in [6.07, 6.45) is 0.0728. The van der Waals surface area contributed by atoms with Crippen molar-refractivity contribution < 1.29 is 19.0 Å². The molecule has 4 nitrogen and oxygen atoms in total. The van der Waals surface area contributed by atoms with Gasteiger partial charge in [0.05, 0.1) is 0 Å². The molecule has 104 valence electrons. The standard InChI is InChI=1S/C14H18FNO3/c1-10(19-13-5-3-2-4-12(13)15)14(18)16-7-6-11(8-16)9-17/h2-5,10-11,17H,6-9H2,1H3. The summed E-state index contributed by atoms with van der Waals surface area (Å²) in [7, 11) is 0. The first-order chi connectivity index (χ1) is 9.11. The number of nitrogens with zero attached hydrogens (tertiary/aromatic N) is 1. The molecule has 1 amide bonds. The van der Waals surface area contributed by atoms with Gasteiger partial charge >= 0.3 is 0 Å². The maximum absolute atomic E-state index is 13.4. The molecule has 0 saturated carbocycles. The summed E-state index contributed by atoms with van der Waals surface area (Å²) in [5.74, 6) is -0.415. The normalized spacial score (nSPS) is 20.4. The molecule has 0 radical (unpaired) electrons. The molecule has 0 bridgehead atoms. The van der Waals surface area contributed by atoms with E-state index < -0.39 is 11.9 Å². The van der Waals surface area contributed by atoms with Crippen LogP contribution >= 0.6 is 0 Å². The second-order valence-electron chi connectivity index (χ2n) is 4.81. The number of aliphatic hydroxyl groups excluding tert-OH is 1. The molecule has 1 aromatic rings. The van der Waals surface area contributed by atoms with E-state index in [1.807, 2.05) is 0 Å². The van der Waals surface area contributed by atoms with Gasteiger partial charge in [-0.1, -0.05) is 12.1 Å². The van der Waals surface area contributed by atoms with Gasteiger partial charge in [-0.25, -0.2) is 4.39 Å². The van der Waals surface area contributed by atoms with Gasteiger partial charge in [0.25, 0.3) is 5.91 Å². The molecule has 0 aromatic heterocycles. The van der Waals surface area contributed by atoms with E-state index in [9.17, 15) is 9.18 Å². The monoisotopic (exact) mass is 267 g/mol. The van der Waals surface area contributed by atoms with Gasteiger partial charge in [0.2, 0.25) is 0 Å². The average Bonchev–Trinajstić information content (AvgIpc) is 2.89. The van der Waals surface area contributed by atoms with Crippen LogP contribution < -0.4 is 4.74 Å². The third kappa shape index (κ3) is 3.23. The zero-order valence-corrected chi connectivity index (χ0v) is 10.9. The fourth-order valence-electron chi connectivity index (χ4n) is 2.22. The molecule has 19 heavy (non-hydrogen) atoms. The molecule has 1 saturated heterocycles. The largest absolute Gasteiger partial charge is 0.478 e. The number of halogens is 1. The highest BCUT2D eigenvalue weighted by Gasteiger charge is 2.29.